The summed E-state index contributed by atoms with van der Waals surface area (Å²) in [6.45, 7) is 7.64. The fourth-order valence-corrected chi connectivity index (χ4v) is 5.43. The van der Waals surface area contributed by atoms with Crippen molar-refractivity contribution in [2.24, 2.45) is 0 Å². The highest BCUT2D eigenvalue weighted by Crippen LogP contribution is 2.29. The number of fused-ring (bicyclic) bond motifs is 1. The highest BCUT2D eigenvalue weighted by molar-refractivity contribution is 6.08. The molecule has 9 nitrogen and oxygen atoms in total. The van der Waals surface area contributed by atoms with Crippen LogP contribution in [0.2, 0.25) is 0 Å². The van der Waals surface area contributed by atoms with Crippen LogP contribution >= 0.6 is 0 Å². The van der Waals surface area contributed by atoms with Crippen LogP contribution in [-0.4, -0.2) is 85.2 Å². The van der Waals surface area contributed by atoms with Crippen molar-refractivity contribution in [1.29, 1.82) is 0 Å². The van der Waals surface area contributed by atoms with E-state index < -0.39 is 0 Å². The molecule has 1 aromatic carbocycles. The largest absolute Gasteiger partial charge is 0.379 e. The summed E-state index contributed by atoms with van der Waals surface area (Å²) in [4.78, 5) is 40.1. The number of nitrogens with one attached hydrogen (secondary N) is 2. The van der Waals surface area contributed by atoms with E-state index in [-0.39, 0.29) is 11.5 Å². The first-order chi connectivity index (χ1) is 17.9. The van der Waals surface area contributed by atoms with Crippen molar-refractivity contribution in [1.82, 2.24) is 19.8 Å². The minimum absolute atomic E-state index is 0.132. The van der Waals surface area contributed by atoms with E-state index in [4.69, 9.17) is 9.72 Å². The Bertz CT molecular complexity index is 1330. The Balaban J connectivity index is 1.46. The van der Waals surface area contributed by atoms with Gasteiger partial charge in [0.25, 0.3) is 5.91 Å². The number of anilines is 2. The lowest BCUT2D eigenvalue weighted by Crippen LogP contribution is -2.39. The average Bonchev–Trinajstić information content (AvgIpc) is 3.32. The summed E-state index contributed by atoms with van der Waals surface area (Å²) in [5.41, 5.74) is 3.78. The van der Waals surface area contributed by atoms with Gasteiger partial charge in [-0.1, -0.05) is 0 Å². The number of aromatic amines is 1. The molecule has 0 saturated carbocycles. The summed E-state index contributed by atoms with van der Waals surface area (Å²) in [6.07, 6.45) is 4.08. The van der Waals surface area contributed by atoms with Crippen LogP contribution in [0, 0.1) is 6.92 Å². The normalized spacial score (nSPS) is 18.6. The maximum atomic E-state index is 13.8. The molecule has 2 aliphatic heterocycles. The molecule has 2 aromatic heterocycles. The summed E-state index contributed by atoms with van der Waals surface area (Å²) in [7, 11) is 4.16. The number of carbonyl (C=O) groups excluding carboxylic acids is 1. The first-order valence-electron chi connectivity index (χ1n) is 13.0. The van der Waals surface area contributed by atoms with Crippen molar-refractivity contribution in [2.45, 2.75) is 32.4 Å². The Labute approximate surface area is 217 Å². The SMILES string of the molecule is Cc1cc(=O)[nH]c2ccc(NC(=O)c3cc(CN4CCOCC4)cnc3N3CCCC3CN(C)C)cc12. The van der Waals surface area contributed by atoms with Crippen LogP contribution in [0.15, 0.2) is 41.3 Å². The number of aromatic nitrogens is 2. The second-order valence-corrected chi connectivity index (χ2v) is 10.4. The van der Waals surface area contributed by atoms with Crippen molar-refractivity contribution in [3.8, 4) is 0 Å². The minimum Gasteiger partial charge on any atom is -0.379 e. The molecule has 0 spiro atoms. The van der Waals surface area contributed by atoms with Gasteiger partial charge in [0.15, 0.2) is 0 Å². The quantitative estimate of drug-likeness (QED) is 0.511. The first kappa shape index (κ1) is 25.4. The van der Waals surface area contributed by atoms with E-state index in [9.17, 15) is 9.59 Å². The number of pyridine rings is 2. The zero-order valence-electron chi connectivity index (χ0n) is 21.9. The zero-order valence-corrected chi connectivity index (χ0v) is 21.9. The second-order valence-electron chi connectivity index (χ2n) is 10.4. The molecule has 1 unspecified atom stereocenters. The predicted molar refractivity (Wildman–Crippen MR) is 147 cm³/mol. The van der Waals surface area contributed by atoms with Crippen LogP contribution in [0.3, 0.4) is 0 Å². The van der Waals surface area contributed by atoms with E-state index >= 15 is 0 Å². The smallest absolute Gasteiger partial charge is 0.259 e. The lowest BCUT2D eigenvalue weighted by atomic mass is 10.1. The van der Waals surface area contributed by atoms with Gasteiger partial charge in [0, 0.05) is 67.6 Å². The minimum atomic E-state index is -0.178. The molecule has 37 heavy (non-hydrogen) atoms. The number of amides is 1. The van der Waals surface area contributed by atoms with E-state index in [1.807, 2.05) is 37.4 Å². The van der Waals surface area contributed by atoms with Gasteiger partial charge in [0.2, 0.25) is 5.56 Å². The second kappa shape index (κ2) is 11.0. The Morgan fingerprint density at radius 1 is 1.19 bits per heavy atom. The number of nitrogens with zero attached hydrogens (tertiary/aromatic N) is 4. The number of aryl methyl sites for hydroxylation is 1. The topological polar surface area (TPSA) is 93.8 Å². The number of hydrogen-bond donors (Lipinski definition) is 2. The molecule has 0 bridgehead atoms. The van der Waals surface area contributed by atoms with Crippen LogP contribution in [0.25, 0.3) is 10.9 Å². The number of H-pyrrole nitrogens is 1. The van der Waals surface area contributed by atoms with Crippen molar-refractivity contribution in [3.05, 3.63) is 63.6 Å². The van der Waals surface area contributed by atoms with Gasteiger partial charge in [-0.2, -0.15) is 0 Å². The number of benzene rings is 1. The van der Waals surface area contributed by atoms with Crippen LogP contribution in [0.1, 0.15) is 34.3 Å². The molecule has 3 aromatic rings. The summed E-state index contributed by atoms with van der Waals surface area (Å²) in [5, 5.41) is 4.01. The van der Waals surface area contributed by atoms with E-state index in [2.05, 4.69) is 39.1 Å². The molecule has 1 atom stereocenters. The molecule has 0 aliphatic carbocycles. The highest BCUT2D eigenvalue weighted by atomic mass is 16.5. The molecule has 4 heterocycles. The van der Waals surface area contributed by atoms with E-state index in [0.29, 0.717) is 17.3 Å². The summed E-state index contributed by atoms with van der Waals surface area (Å²) in [6, 6.07) is 9.46. The number of likely N-dealkylation sites (N-methyl/N-ethyl adjacent to an activating group) is 1. The predicted octanol–water partition coefficient (Wildman–Crippen LogP) is 2.85. The molecule has 196 valence electrons. The third-order valence-electron chi connectivity index (χ3n) is 7.21. The molecule has 2 aliphatic rings. The maximum absolute atomic E-state index is 13.8. The fraction of sp³-hybridized carbons (Fsp3) is 0.464. The van der Waals surface area contributed by atoms with Gasteiger partial charge in [0.05, 0.1) is 18.8 Å². The first-order valence-corrected chi connectivity index (χ1v) is 13.0. The molecule has 2 N–H and O–H groups in total. The van der Waals surface area contributed by atoms with Gasteiger partial charge in [-0.3, -0.25) is 14.5 Å². The van der Waals surface area contributed by atoms with Gasteiger partial charge in [-0.25, -0.2) is 4.98 Å². The highest BCUT2D eigenvalue weighted by Gasteiger charge is 2.30. The Morgan fingerprint density at radius 3 is 2.78 bits per heavy atom. The summed E-state index contributed by atoms with van der Waals surface area (Å²) < 4.78 is 5.49. The van der Waals surface area contributed by atoms with E-state index in [1.165, 1.54) is 0 Å². The lowest BCUT2D eigenvalue weighted by molar-refractivity contribution is 0.0341. The molecule has 1 amide bonds. The van der Waals surface area contributed by atoms with Gasteiger partial charge in [-0.15, -0.1) is 0 Å². The van der Waals surface area contributed by atoms with Gasteiger partial charge in [0.1, 0.15) is 5.82 Å². The molecule has 9 heteroatoms. The summed E-state index contributed by atoms with van der Waals surface area (Å²) in [5.74, 6) is 0.567. The third-order valence-corrected chi connectivity index (χ3v) is 7.21. The Kier molecular flexibility index (Phi) is 7.55. The van der Waals surface area contributed by atoms with Crippen LogP contribution in [0.5, 0.6) is 0 Å². The number of rotatable bonds is 7. The van der Waals surface area contributed by atoms with Crippen molar-refractivity contribution in [3.63, 3.8) is 0 Å². The van der Waals surface area contributed by atoms with Crippen molar-refractivity contribution < 1.29 is 9.53 Å². The van der Waals surface area contributed by atoms with Gasteiger partial charge in [-0.05, 0) is 69.3 Å². The molecule has 2 saturated heterocycles. The van der Waals surface area contributed by atoms with Gasteiger partial charge < -0.3 is 24.8 Å². The van der Waals surface area contributed by atoms with Crippen LogP contribution in [-0.2, 0) is 11.3 Å². The van der Waals surface area contributed by atoms with Crippen LogP contribution < -0.4 is 15.8 Å². The Morgan fingerprint density at radius 2 is 2.00 bits per heavy atom. The zero-order chi connectivity index (χ0) is 25.9. The standard InChI is InChI=1S/C28H36N6O3/c1-19-13-26(35)31-25-7-6-21(15-23(19)25)30-28(36)24-14-20(17-33-9-11-37-12-10-33)16-29-27(24)34-8-4-5-22(34)18-32(2)3/h6-7,13-16,22H,4-5,8-12,17-18H2,1-3H3,(H,30,36)(H,31,35). The third kappa shape index (κ3) is 5.84. The molecular weight excluding hydrogens is 468 g/mol. The Hall–Kier alpha value is -3.27. The van der Waals surface area contributed by atoms with Crippen molar-refractivity contribution in [2.75, 3.05) is 63.7 Å². The number of morpholine rings is 1. The van der Waals surface area contributed by atoms with E-state index in [0.717, 1.165) is 86.6 Å². The molecular formula is C28H36N6O3. The molecule has 0 radical (unpaired) electrons. The lowest BCUT2D eigenvalue weighted by Gasteiger charge is -2.30. The maximum Gasteiger partial charge on any atom is 0.259 e. The number of hydrogen-bond acceptors (Lipinski definition) is 7. The van der Waals surface area contributed by atoms with Gasteiger partial charge >= 0.3 is 0 Å². The van der Waals surface area contributed by atoms with Crippen LogP contribution in [0.4, 0.5) is 11.5 Å². The monoisotopic (exact) mass is 504 g/mol. The molecule has 2 fully saturated rings. The number of ether oxygens (including phenoxy) is 1. The average molecular weight is 505 g/mol. The molecule has 5 rings (SSSR count). The van der Waals surface area contributed by atoms with Crippen molar-refractivity contribution >= 4 is 28.3 Å². The summed E-state index contributed by atoms with van der Waals surface area (Å²) >= 11 is 0. The fourth-order valence-electron chi connectivity index (χ4n) is 5.43. The van der Waals surface area contributed by atoms with E-state index in [1.54, 1.807) is 6.07 Å². The number of carbonyl (C=O) groups is 1.